The zero-order chi connectivity index (χ0) is 16.7. The Kier molecular flexibility index (Phi) is 6.59. The fourth-order valence-electron chi connectivity index (χ4n) is 2.79. The highest BCUT2D eigenvalue weighted by molar-refractivity contribution is 5.94. The molecule has 23 heavy (non-hydrogen) atoms. The van der Waals surface area contributed by atoms with Gasteiger partial charge in [0, 0.05) is 24.6 Å². The van der Waals surface area contributed by atoms with E-state index in [2.05, 4.69) is 10.6 Å². The highest BCUT2D eigenvalue weighted by Gasteiger charge is 2.22. The van der Waals surface area contributed by atoms with Crippen molar-refractivity contribution in [3.05, 3.63) is 35.4 Å². The summed E-state index contributed by atoms with van der Waals surface area (Å²) in [5, 5.41) is 14.9. The van der Waals surface area contributed by atoms with Crippen molar-refractivity contribution < 1.29 is 14.7 Å². The van der Waals surface area contributed by atoms with Gasteiger partial charge >= 0.3 is 0 Å². The lowest BCUT2D eigenvalue weighted by atomic mass is 10.1. The van der Waals surface area contributed by atoms with Crippen molar-refractivity contribution in [2.75, 3.05) is 6.54 Å². The fraction of sp³-hybridized carbons (Fsp3) is 0.556. The maximum Gasteiger partial charge on any atom is 0.251 e. The summed E-state index contributed by atoms with van der Waals surface area (Å²) in [5.41, 5.74) is 1.57. The Hall–Kier alpha value is -1.88. The SMILES string of the molecule is CC(O)CCNC(=O)c1ccc(CNC(=O)C2CCCC2)cc1. The average Bonchev–Trinajstić information content (AvgIpc) is 3.07. The Bertz CT molecular complexity index is 520. The summed E-state index contributed by atoms with van der Waals surface area (Å²) >= 11 is 0. The molecule has 0 aromatic heterocycles. The molecule has 2 amide bonds. The van der Waals surface area contributed by atoms with E-state index in [0.717, 1.165) is 31.2 Å². The molecule has 0 radical (unpaired) electrons. The summed E-state index contributed by atoms with van der Waals surface area (Å²) in [4.78, 5) is 23.9. The van der Waals surface area contributed by atoms with Crippen molar-refractivity contribution >= 4 is 11.8 Å². The number of hydrogen-bond donors (Lipinski definition) is 3. The van der Waals surface area contributed by atoms with Crippen molar-refractivity contribution in [1.29, 1.82) is 0 Å². The van der Waals surface area contributed by atoms with Crippen molar-refractivity contribution in [3.8, 4) is 0 Å². The van der Waals surface area contributed by atoms with Crippen LogP contribution in [0.15, 0.2) is 24.3 Å². The van der Waals surface area contributed by atoms with Gasteiger partial charge in [-0.15, -0.1) is 0 Å². The Morgan fingerprint density at radius 1 is 1.17 bits per heavy atom. The van der Waals surface area contributed by atoms with Gasteiger partial charge in [-0.1, -0.05) is 25.0 Å². The first-order valence-corrected chi connectivity index (χ1v) is 8.39. The van der Waals surface area contributed by atoms with Gasteiger partial charge in [-0.2, -0.15) is 0 Å². The molecule has 5 nitrogen and oxygen atoms in total. The highest BCUT2D eigenvalue weighted by Crippen LogP contribution is 2.24. The van der Waals surface area contributed by atoms with E-state index < -0.39 is 6.10 Å². The zero-order valence-electron chi connectivity index (χ0n) is 13.7. The molecule has 0 spiro atoms. The van der Waals surface area contributed by atoms with Gasteiger partial charge in [0.25, 0.3) is 5.91 Å². The molecule has 1 aromatic rings. The van der Waals surface area contributed by atoms with Gasteiger partial charge in [0.1, 0.15) is 0 Å². The van der Waals surface area contributed by atoms with E-state index >= 15 is 0 Å². The molecule has 1 atom stereocenters. The monoisotopic (exact) mass is 318 g/mol. The van der Waals surface area contributed by atoms with E-state index in [1.54, 1.807) is 19.1 Å². The third kappa shape index (κ3) is 5.67. The van der Waals surface area contributed by atoms with Crippen LogP contribution < -0.4 is 10.6 Å². The number of nitrogens with one attached hydrogen (secondary N) is 2. The summed E-state index contributed by atoms with van der Waals surface area (Å²) in [6.45, 7) is 2.65. The third-order valence-electron chi connectivity index (χ3n) is 4.26. The minimum absolute atomic E-state index is 0.141. The Balaban J connectivity index is 1.77. The number of carbonyl (C=O) groups is 2. The van der Waals surface area contributed by atoms with Crippen molar-refractivity contribution in [3.63, 3.8) is 0 Å². The number of hydrogen-bond acceptors (Lipinski definition) is 3. The minimum atomic E-state index is -0.416. The van der Waals surface area contributed by atoms with Crippen LogP contribution in [0.5, 0.6) is 0 Å². The van der Waals surface area contributed by atoms with Gasteiger partial charge < -0.3 is 15.7 Å². The molecule has 1 aromatic carbocycles. The Morgan fingerprint density at radius 3 is 2.43 bits per heavy atom. The number of rotatable bonds is 7. The molecule has 0 saturated heterocycles. The van der Waals surface area contributed by atoms with Gasteiger partial charge in [-0.25, -0.2) is 0 Å². The lowest BCUT2D eigenvalue weighted by Gasteiger charge is -2.11. The summed E-state index contributed by atoms with van der Waals surface area (Å²) in [6, 6.07) is 7.24. The van der Waals surface area contributed by atoms with Crippen molar-refractivity contribution in [2.24, 2.45) is 5.92 Å². The smallest absolute Gasteiger partial charge is 0.251 e. The molecule has 0 bridgehead atoms. The molecule has 1 aliphatic carbocycles. The van der Waals surface area contributed by atoms with E-state index in [4.69, 9.17) is 5.11 Å². The first-order valence-electron chi connectivity index (χ1n) is 8.39. The van der Waals surface area contributed by atoms with Crippen LogP contribution >= 0.6 is 0 Å². The van der Waals surface area contributed by atoms with Gasteiger partial charge in [0.2, 0.25) is 5.91 Å². The molecule has 1 unspecified atom stereocenters. The van der Waals surface area contributed by atoms with Crippen LogP contribution in [0.25, 0.3) is 0 Å². The first-order chi connectivity index (χ1) is 11.1. The molecule has 1 fully saturated rings. The molecule has 0 aliphatic heterocycles. The second-order valence-corrected chi connectivity index (χ2v) is 6.29. The predicted octanol–water partition coefficient (Wildman–Crippen LogP) is 1.99. The number of benzene rings is 1. The summed E-state index contributed by atoms with van der Waals surface area (Å²) in [6.07, 6.45) is 4.42. The van der Waals surface area contributed by atoms with Crippen LogP contribution in [0.2, 0.25) is 0 Å². The van der Waals surface area contributed by atoms with E-state index in [9.17, 15) is 9.59 Å². The predicted molar refractivity (Wildman–Crippen MR) is 88.9 cm³/mol. The lowest BCUT2D eigenvalue weighted by Crippen LogP contribution is -2.29. The number of aliphatic hydroxyl groups is 1. The molecule has 2 rings (SSSR count). The highest BCUT2D eigenvalue weighted by atomic mass is 16.3. The molecule has 1 saturated carbocycles. The molecule has 0 heterocycles. The maximum atomic E-state index is 12.0. The second kappa shape index (κ2) is 8.67. The maximum absolute atomic E-state index is 12.0. The van der Waals surface area contributed by atoms with Crippen LogP contribution in [0.1, 0.15) is 54.9 Å². The van der Waals surface area contributed by atoms with Crippen LogP contribution in [0.3, 0.4) is 0 Å². The van der Waals surface area contributed by atoms with Crippen molar-refractivity contribution in [1.82, 2.24) is 10.6 Å². The molecule has 5 heteroatoms. The van der Waals surface area contributed by atoms with Gasteiger partial charge in [0.05, 0.1) is 6.10 Å². The Morgan fingerprint density at radius 2 is 1.83 bits per heavy atom. The summed E-state index contributed by atoms with van der Waals surface area (Å²) < 4.78 is 0. The minimum Gasteiger partial charge on any atom is -0.393 e. The lowest BCUT2D eigenvalue weighted by molar-refractivity contribution is -0.124. The molecule has 3 N–H and O–H groups in total. The van der Waals surface area contributed by atoms with E-state index in [1.165, 1.54) is 0 Å². The summed E-state index contributed by atoms with van der Waals surface area (Å²) in [7, 11) is 0. The van der Waals surface area contributed by atoms with E-state index in [-0.39, 0.29) is 17.7 Å². The van der Waals surface area contributed by atoms with Crippen LogP contribution in [-0.4, -0.2) is 29.6 Å². The standard InChI is InChI=1S/C18H26N2O3/c1-13(21)10-11-19-17(22)16-8-6-14(7-9-16)12-20-18(23)15-4-2-3-5-15/h6-9,13,15,21H,2-5,10-12H2,1H3,(H,19,22)(H,20,23). The van der Waals surface area contributed by atoms with Gasteiger partial charge in [-0.3, -0.25) is 9.59 Å². The molecule has 126 valence electrons. The molecular weight excluding hydrogens is 292 g/mol. The number of carbonyl (C=O) groups excluding carboxylic acids is 2. The third-order valence-corrected chi connectivity index (χ3v) is 4.26. The molecule has 1 aliphatic rings. The number of aliphatic hydroxyl groups excluding tert-OH is 1. The normalized spacial score (nSPS) is 16.1. The average molecular weight is 318 g/mol. The van der Waals surface area contributed by atoms with Crippen LogP contribution in [-0.2, 0) is 11.3 Å². The van der Waals surface area contributed by atoms with Crippen LogP contribution in [0, 0.1) is 5.92 Å². The van der Waals surface area contributed by atoms with Gasteiger partial charge in [-0.05, 0) is 43.9 Å². The van der Waals surface area contributed by atoms with E-state index in [1.807, 2.05) is 12.1 Å². The topological polar surface area (TPSA) is 78.4 Å². The quantitative estimate of drug-likeness (QED) is 0.719. The number of amides is 2. The second-order valence-electron chi connectivity index (χ2n) is 6.29. The zero-order valence-corrected chi connectivity index (χ0v) is 13.7. The van der Waals surface area contributed by atoms with Gasteiger partial charge in [0.15, 0.2) is 0 Å². The Labute approximate surface area is 137 Å². The fourth-order valence-corrected chi connectivity index (χ4v) is 2.79. The van der Waals surface area contributed by atoms with Crippen LogP contribution in [0.4, 0.5) is 0 Å². The first kappa shape index (κ1) is 17.5. The molecular formula is C18H26N2O3. The van der Waals surface area contributed by atoms with E-state index in [0.29, 0.717) is 25.1 Å². The van der Waals surface area contributed by atoms with Crippen molar-refractivity contribution in [2.45, 2.75) is 51.7 Å². The largest absolute Gasteiger partial charge is 0.393 e. The summed E-state index contributed by atoms with van der Waals surface area (Å²) in [5.74, 6) is 0.170.